The van der Waals surface area contributed by atoms with E-state index in [1.54, 1.807) is 6.20 Å². The molecule has 1 aromatic heterocycles. The first-order valence-corrected chi connectivity index (χ1v) is 7.24. The van der Waals surface area contributed by atoms with Gasteiger partial charge in [0.1, 0.15) is 18.1 Å². The van der Waals surface area contributed by atoms with E-state index < -0.39 is 0 Å². The molecule has 2 heterocycles. The minimum atomic E-state index is -0.162. The summed E-state index contributed by atoms with van der Waals surface area (Å²) in [5.41, 5.74) is 1.94. The maximum absolute atomic E-state index is 5.67. The topological polar surface area (TPSA) is 52.9 Å². The molecule has 0 radical (unpaired) electrons. The Balaban J connectivity index is 1.58. The fourth-order valence-corrected chi connectivity index (χ4v) is 2.15. The zero-order valence-corrected chi connectivity index (χ0v) is 12.7. The minimum absolute atomic E-state index is 0.162. The van der Waals surface area contributed by atoms with Gasteiger partial charge in [0.15, 0.2) is 6.10 Å². The van der Waals surface area contributed by atoms with Gasteiger partial charge in [-0.25, -0.2) is 0 Å². The monoisotopic (exact) mass is 308 g/mol. The van der Waals surface area contributed by atoms with E-state index in [0.29, 0.717) is 18.1 Å². The third-order valence-electron chi connectivity index (χ3n) is 3.34. The van der Waals surface area contributed by atoms with Crippen LogP contribution in [0.1, 0.15) is 23.8 Å². The van der Waals surface area contributed by atoms with Gasteiger partial charge >= 0.3 is 0 Å². The van der Waals surface area contributed by atoms with E-state index >= 15 is 0 Å². The summed E-state index contributed by atoms with van der Waals surface area (Å²) in [5.74, 6) is 4.35. The van der Waals surface area contributed by atoms with Crippen molar-refractivity contribution in [3.63, 3.8) is 0 Å². The fourth-order valence-electron chi connectivity index (χ4n) is 2.15. The van der Waals surface area contributed by atoms with Crippen molar-refractivity contribution in [2.45, 2.75) is 19.4 Å². The molecule has 0 amide bonds. The summed E-state index contributed by atoms with van der Waals surface area (Å²) >= 11 is 0. The van der Waals surface area contributed by atoms with Gasteiger partial charge < -0.3 is 14.3 Å². The lowest BCUT2D eigenvalue weighted by molar-refractivity contribution is 0.0855. The van der Waals surface area contributed by atoms with Crippen molar-refractivity contribution in [2.24, 2.45) is 5.16 Å². The van der Waals surface area contributed by atoms with Crippen molar-refractivity contribution in [2.75, 3.05) is 6.61 Å². The van der Waals surface area contributed by atoms with Crippen LogP contribution in [0, 0.1) is 19.3 Å². The van der Waals surface area contributed by atoms with E-state index in [2.05, 4.69) is 16.1 Å². The number of pyridine rings is 1. The summed E-state index contributed by atoms with van der Waals surface area (Å²) in [5, 5.41) is 3.99. The molecule has 0 unspecified atom stereocenters. The van der Waals surface area contributed by atoms with Gasteiger partial charge in [0, 0.05) is 5.69 Å². The van der Waals surface area contributed by atoms with Gasteiger partial charge in [-0.2, -0.15) is 0 Å². The number of terminal acetylenes is 1. The van der Waals surface area contributed by atoms with Crippen LogP contribution in [0.2, 0.25) is 0 Å². The van der Waals surface area contributed by atoms with Crippen molar-refractivity contribution in [1.29, 1.82) is 0 Å². The second-order valence-corrected chi connectivity index (χ2v) is 5.08. The van der Waals surface area contributed by atoms with Gasteiger partial charge in [0.2, 0.25) is 5.90 Å². The minimum Gasteiger partial charge on any atom is -0.481 e. The molecule has 1 atom stereocenters. The lowest BCUT2D eigenvalue weighted by Gasteiger charge is -2.09. The van der Waals surface area contributed by atoms with E-state index in [-0.39, 0.29) is 12.7 Å². The van der Waals surface area contributed by atoms with Crippen LogP contribution in [0.25, 0.3) is 0 Å². The summed E-state index contributed by atoms with van der Waals surface area (Å²) in [6, 6.07) is 11.3. The number of rotatable bonds is 4. The molecule has 0 bridgehead atoms. The number of benzene rings is 1. The second-order valence-electron chi connectivity index (χ2n) is 5.08. The van der Waals surface area contributed by atoms with Crippen LogP contribution in [0.3, 0.4) is 0 Å². The van der Waals surface area contributed by atoms with Crippen LogP contribution in [-0.4, -0.2) is 17.5 Å². The first-order chi connectivity index (χ1) is 11.2. The lowest BCUT2D eigenvalue weighted by atomic mass is 10.1. The van der Waals surface area contributed by atoms with Gasteiger partial charge in [-0.05, 0) is 36.8 Å². The molecular formula is C18H16N2O3. The Morgan fingerprint density at radius 3 is 2.70 bits per heavy atom. The number of nitrogens with zero attached hydrogens (tertiary/aromatic N) is 2. The summed E-state index contributed by atoms with van der Waals surface area (Å²) in [4.78, 5) is 9.62. The van der Waals surface area contributed by atoms with E-state index in [9.17, 15) is 0 Å². The number of aryl methyl sites for hydroxylation is 1. The first-order valence-electron chi connectivity index (χ1n) is 7.24. The molecule has 1 aliphatic rings. The number of hydrogen-bond acceptors (Lipinski definition) is 5. The molecule has 5 heteroatoms. The second kappa shape index (κ2) is 6.84. The molecule has 2 aromatic rings. The highest BCUT2D eigenvalue weighted by atomic mass is 16.7. The molecule has 3 rings (SSSR count). The average Bonchev–Trinajstić information content (AvgIpc) is 3.04. The molecule has 0 spiro atoms. The summed E-state index contributed by atoms with van der Waals surface area (Å²) in [7, 11) is 0. The van der Waals surface area contributed by atoms with Gasteiger partial charge in [-0.3, -0.25) is 4.98 Å². The zero-order valence-electron chi connectivity index (χ0n) is 12.7. The standard InChI is InChI=1S/C18H16N2O3/c1-3-10-21-15-8-5-14(6-9-15)17-11-18(20-23-17)22-16-7-4-13(2)19-12-16/h1,4-9,12,17H,10-11H2,2H3/t17-/m0/s1. The number of oxime groups is 1. The molecule has 0 saturated carbocycles. The smallest absolute Gasteiger partial charge is 0.235 e. The SMILES string of the molecule is C#CCOc1ccc([C@@H]2CC(Oc3ccc(C)nc3)=NO2)cc1. The zero-order chi connectivity index (χ0) is 16.1. The normalized spacial score (nSPS) is 16.2. The van der Waals surface area contributed by atoms with Crippen LogP contribution in [0.15, 0.2) is 47.8 Å². The highest BCUT2D eigenvalue weighted by molar-refractivity contribution is 5.79. The third-order valence-corrected chi connectivity index (χ3v) is 3.34. The molecule has 1 aromatic carbocycles. The van der Waals surface area contributed by atoms with Crippen LogP contribution in [-0.2, 0) is 4.84 Å². The number of ether oxygens (including phenoxy) is 2. The summed E-state index contributed by atoms with van der Waals surface area (Å²) in [6.45, 7) is 2.18. The molecule has 5 nitrogen and oxygen atoms in total. The maximum atomic E-state index is 5.67. The van der Waals surface area contributed by atoms with Gasteiger partial charge in [0.25, 0.3) is 0 Å². The Bertz CT molecular complexity index is 730. The largest absolute Gasteiger partial charge is 0.481 e. The molecular weight excluding hydrogens is 292 g/mol. The van der Waals surface area contributed by atoms with Crippen LogP contribution < -0.4 is 9.47 Å². The average molecular weight is 308 g/mol. The lowest BCUT2D eigenvalue weighted by Crippen LogP contribution is -2.07. The third kappa shape index (κ3) is 3.80. The van der Waals surface area contributed by atoms with Crippen molar-refractivity contribution in [3.8, 4) is 23.8 Å². The van der Waals surface area contributed by atoms with E-state index in [0.717, 1.165) is 17.0 Å². The van der Waals surface area contributed by atoms with E-state index in [4.69, 9.17) is 20.7 Å². The number of aromatic nitrogens is 1. The molecule has 23 heavy (non-hydrogen) atoms. The fraction of sp³-hybridized carbons (Fsp3) is 0.222. The summed E-state index contributed by atoms with van der Waals surface area (Å²) in [6.07, 6.45) is 7.24. The predicted octanol–water partition coefficient (Wildman–Crippen LogP) is 3.26. The maximum Gasteiger partial charge on any atom is 0.235 e. The predicted molar refractivity (Wildman–Crippen MR) is 86.3 cm³/mol. The van der Waals surface area contributed by atoms with E-state index in [1.807, 2.05) is 43.3 Å². The Morgan fingerprint density at radius 1 is 1.22 bits per heavy atom. The van der Waals surface area contributed by atoms with Crippen LogP contribution >= 0.6 is 0 Å². The van der Waals surface area contributed by atoms with Crippen LogP contribution in [0.5, 0.6) is 11.5 Å². The van der Waals surface area contributed by atoms with Gasteiger partial charge in [-0.15, -0.1) is 6.42 Å². The van der Waals surface area contributed by atoms with Crippen molar-refractivity contribution in [3.05, 3.63) is 53.9 Å². The molecule has 0 aliphatic carbocycles. The quantitative estimate of drug-likeness (QED) is 0.814. The Hall–Kier alpha value is -3.00. The van der Waals surface area contributed by atoms with Crippen molar-refractivity contribution < 1.29 is 14.3 Å². The first kappa shape index (κ1) is 14.9. The molecule has 116 valence electrons. The molecule has 1 aliphatic heterocycles. The van der Waals surface area contributed by atoms with Crippen LogP contribution in [0.4, 0.5) is 0 Å². The van der Waals surface area contributed by atoms with Crippen molar-refractivity contribution in [1.82, 2.24) is 4.98 Å². The Morgan fingerprint density at radius 2 is 2.00 bits per heavy atom. The molecule has 0 fully saturated rings. The van der Waals surface area contributed by atoms with Gasteiger partial charge in [-0.1, -0.05) is 23.2 Å². The Kier molecular flexibility index (Phi) is 4.44. The molecule has 0 saturated heterocycles. The highest BCUT2D eigenvalue weighted by Gasteiger charge is 2.24. The number of hydrogen-bond donors (Lipinski definition) is 0. The van der Waals surface area contributed by atoms with Gasteiger partial charge in [0.05, 0.1) is 12.6 Å². The summed E-state index contributed by atoms with van der Waals surface area (Å²) < 4.78 is 11.0. The Labute approximate surface area is 134 Å². The van der Waals surface area contributed by atoms with Crippen molar-refractivity contribution >= 4 is 5.90 Å². The molecule has 0 N–H and O–H groups in total. The highest BCUT2D eigenvalue weighted by Crippen LogP contribution is 2.29. The van der Waals surface area contributed by atoms with E-state index in [1.165, 1.54) is 0 Å².